The molecule has 2 aromatic rings. The van der Waals surface area contributed by atoms with Crippen molar-refractivity contribution < 1.29 is 0 Å². The van der Waals surface area contributed by atoms with Crippen LogP contribution in [-0.4, -0.2) is 15.8 Å². The van der Waals surface area contributed by atoms with E-state index in [1.165, 1.54) is 12.4 Å². The third kappa shape index (κ3) is 2.78. The number of hydrogen-bond acceptors (Lipinski definition) is 3. The van der Waals surface area contributed by atoms with Crippen molar-refractivity contribution in [3.63, 3.8) is 0 Å². The van der Waals surface area contributed by atoms with Crippen LogP contribution >= 0.6 is 23.2 Å². The number of nitrogens with zero attached hydrogens (tertiary/aromatic N) is 3. The predicted octanol–water partition coefficient (Wildman–Crippen LogP) is 3.17. The van der Waals surface area contributed by atoms with E-state index in [-0.39, 0.29) is 0 Å². The van der Waals surface area contributed by atoms with Gasteiger partial charge < -0.3 is 4.57 Å². The lowest BCUT2D eigenvalue weighted by molar-refractivity contribution is 0.918. The molecule has 0 radical (unpaired) electrons. The van der Waals surface area contributed by atoms with Crippen LogP contribution < -0.4 is 5.43 Å². The first-order valence-electron chi connectivity index (χ1n) is 4.88. The Balaban J connectivity index is 2.13. The molecule has 0 spiro atoms. The third-order valence-electron chi connectivity index (χ3n) is 2.21. The number of halogens is 2. The molecule has 0 atom stereocenters. The molecule has 2 rings (SSSR count). The molecular formula is C11H10Cl2N4. The highest BCUT2D eigenvalue weighted by Crippen LogP contribution is 2.28. The fourth-order valence-corrected chi connectivity index (χ4v) is 1.74. The summed E-state index contributed by atoms with van der Waals surface area (Å²) < 4.78 is 1.95. The minimum Gasteiger partial charge on any atom is -0.350 e. The maximum absolute atomic E-state index is 5.93. The van der Waals surface area contributed by atoms with Crippen molar-refractivity contribution in [2.45, 2.75) is 0 Å². The summed E-state index contributed by atoms with van der Waals surface area (Å²) in [7, 11) is 1.94. The van der Waals surface area contributed by atoms with Crippen LogP contribution in [0.3, 0.4) is 0 Å². The molecule has 0 bridgehead atoms. The maximum atomic E-state index is 5.93. The topological polar surface area (TPSA) is 42.2 Å². The summed E-state index contributed by atoms with van der Waals surface area (Å²) in [6.07, 6.45) is 6.64. The Kier molecular flexibility index (Phi) is 3.66. The fourth-order valence-electron chi connectivity index (χ4n) is 1.29. The molecule has 0 saturated carbocycles. The van der Waals surface area contributed by atoms with Crippen LogP contribution in [0.4, 0.5) is 5.69 Å². The number of pyridine rings is 1. The molecule has 4 nitrogen and oxygen atoms in total. The number of hydrazone groups is 1. The first kappa shape index (κ1) is 12.0. The van der Waals surface area contributed by atoms with Crippen molar-refractivity contribution in [3.05, 3.63) is 46.5 Å². The zero-order chi connectivity index (χ0) is 12.3. The van der Waals surface area contributed by atoms with Crippen LogP contribution in [0.2, 0.25) is 10.0 Å². The van der Waals surface area contributed by atoms with Crippen LogP contribution in [-0.2, 0) is 7.05 Å². The number of rotatable bonds is 3. The van der Waals surface area contributed by atoms with Gasteiger partial charge in [0.2, 0.25) is 0 Å². The minimum absolute atomic E-state index is 0.432. The largest absolute Gasteiger partial charge is 0.350 e. The van der Waals surface area contributed by atoms with Crippen molar-refractivity contribution in [2.75, 3.05) is 5.43 Å². The van der Waals surface area contributed by atoms with Crippen molar-refractivity contribution in [3.8, 4) is 0 Å². The second-order valence-corrected chi connectivity index (χ2v) is 4.21. The van der Waals surface area contributed by atoms with E-state index >= 15 is 0 Å². The Labute approximate surface area is 109 Å². The molecule has 88 valence electrons. The van der Waals surface area contributed by atoms with Crippen LogP contribution in [0, 0.1) is 0 Å². The highest BCUT2D eigenvalue weighted by molar-refractivity contribution is 6.38. The molecule has 0 unspecified atom stereocenters. The Morgan fingerprint density at radius 3 is 2.65 bits per heavy atom. The summed E-state index contributed by atoms with van der Waals surface area (Å²) in [6.45, 7) is 0. The summed E-state index contributed by atoms with van der Waals surface area (Å²) in [6, 6.07) is 3.88. The molecular weight excluding hydrogens is 259 g/mol. The number of aryl methyl sites for hydroxylation is 1. The molecule has 6 heteroatoms. The zero-order valence-corrected chi connectivity index (χ0v) is 10.6. The number of aromatic nitrogens is 2. The lowest BCUT2D eigenvalue weighted by atomic mass is 10.4. The quantitative estimate of drug-likeness (QED) is 0.686. The van der Waals surface area contributed by atoms with E-state index in [1.807, 2.05) is 29.9 Å². The van der Waals surface area contributed by atoms with Gasteiger partial charge in [-0.3, -0.25) is 10.4 Å². The van der Waals surface area contributed by atoms with Gasteiger partial charge in [0.15, 0.2) is 0 Å². The predicted molar refractivity (Wildman–Crippen MR) is 70.9 cm³/mol. The van der Waals surface area contributed by atoms with Crippen LogP contribution in [0.5, 0.6) is 0 Å². The molecule has 2 heterocycles. The number of hydrogen-bond donors (Lipinski definition) is 1. The lowest BCUT2D eigenvalue weighted by Gasteiger charge is -2.04. The first-order valence-corrected chi connectivity index (χ1v) is 5.63. The number of nitrogens with one attached hydrogen (secondary N) is 1. The van der Waals surface area contributed by atoms with Gasteiger partial charge in [0, 0.05) is 25.6 Å². The molecule has 0 aliphatic heterocycles. The molecule has 17 heavy (non-hydrogen) atoms. The zero-order valence-electron chi connectivity index (χ0n) is 9.06. The summed E-state index contributed by atoms with van der Waals surface area (Å²) in [4.78, 5) is 3.86. The molecule has 2 aromatic heterocycles. The molecule has 0 aliphatic carbocycles. The highest BCUT2D eigenvalue weighted by Gasteiger charge is 2.04. The average molecular weight is 269 g/mol. The van der Waals surface area contributed by atoms with E-state index in [0.717, 1.165) is 5.69 Å². The van der Waals surface area contributed by atoms with E-state index in [1.54, 1.807) is 6.21 Å². The summed E-state index contributed by atoms with van der Waals surface area (Å²) in [5.74, 6) is 0. The molecule has 0 aromatic carbocycles. The molecule has 0 saturated heterocycles. The minimum atomic E-state index is 0.432. The van der Waals surface area contributed by atoms with Gasteiger partial charge >= 0.3 is 0 Å². The molecule has 0 fully saturated rings. The van der Waals surface area contributed by atoms with Crippen molar-refractivity contribution in [2.24, 2.45) is 12.1 Å². The monoisotopic (exact) mass is 268 g/mol. The van der Waals surface area contributed by atoms with Gasteiger partial charge in [0.25, 0.3) is 0 Å². The highest BCUT2D eigenvalue weighted by atomic mass is 35.5. The summed E-state index contributed by atoms with van der Waals surface area (Å²) in [5, 5.41) is 4.94. The fraction of sp³-hybridized carbons (Fsp3) is 0.0909. The van der Waals surface area contributed by atoms with Crippen LogP contribution in [0.1, 0.15) is 5.69 Å². The van der Waals surface area contributed by atoms with Gasteiger partial charge in [0.1, 0.15) is 0 Å². The molecule has 0 aliphatic rings. The Morgan fingerprint density at radius 2 is 2.06 bits per heavy atom. The normalized spacial score (nSPS) is 11.0. The van der Waals surface area contributed by atoms with Crippen molar-refractivity contribution >= 4 is 35.1 Å². The van der Waals surface area contributed by atoms with Gasteiger partial charge in [-0.2, -0.15) is 5.10 Å². The van der Waals surface area contributed by atoms with Gasteiger partial charge in [0.05, 0.1) is 27.6 Å². The third-order valence-corrected chi connectivity index (χ3v) is 2.78. The summed E-state index contributed by atoms with van der Waals surface area (Å²) in [5.41, 5.74) is 4.32. The van der Waals surface area contributed by atoms with Gasteiger partial charge in [-0.05, 0) is 12.1 Å². The molecule has 1 N–H and O–H groups in total. The standard InChI is InChI=1S/C11H10Cl2N4/c1-17-4-2-3-8(17)5-15-16-11-9(12)6-14-7-10(11)13/h2-7H,1H3,(H,14,16)/b15-5-. The first-order chi connectivity index (χ1) is 8.18. The van der Waals surface area contributed by atoms with Gasteiger partial charge in [-0.1, -0.05) is 23.2 Å². The second kappa shape index (κ2) is 5.21. The summed E-state index contributed by atoms with van der Waals surface area (Å²) >= 11 is 11.9. The van der Waals surface area contributed by atoms with E-state index in [2.05, 4.69) is 15.5 Å². The maximum Gasteiger partial charge on any atom is 0.0965 e. The number of anilines is 1. The van der Waals surface area contributed by atoms with E-state index in [4.69, 9.17) is 23.2 Å². The van der Waals surface area contributed by atoms with Crippen LogP contribution in [0.15, 0.2) is 35.8 Å². The Morgan fingerprint density at radius 1 is 1.35 bits per heavy atom. The van der Waals surface area contributed by atoms with Crippen LogP contribution in [0.25, 0.3) is 0 Å². The Bertz CT molecular complexity index is 528. The van der Waals surface area contributed by atoms with E-state index in [0.29, 0.717) is 15.7 Å². The smallest absolute Gasteiger partial charge is 0.0965 e. The lowest BCUT2D eigenvalue weighted by Crippen LogP contribution is -1.97. The van der Waals surface area contributed by atoms with E-state index in [9.17, 15) is 0 Å². The van der Waals surface area contributed by atoms with E-state index < -0.39 is 0 Å². The average Bonchev–Trinajstić information content (AvgIpc) is 2.69. The second-order valence-electron chi connectivity index (χ2n) is 3.39. The van der Waals surface area contributed by atoms with Gasteiger partial charge in [-0.15, -0.1) is 0 Å². The van der Waals surface area contributed by atoms with Crippen molar-refractivity contribution in [1.82, 2.24) is 9.55 Å². The SMILES string of the molecule is Cn1cccc1/C=N\Nc1c(Cl)cncc1Cl. The van der Waals surface area contributed by atoms with Gasteiger partial charge in [-0.25, -0.2) is 0 Å². The Hall–Kier alpha value is -1.52. The van der Waals surface area contributed by atoms with Crippen molar-refractivity contribution in [1.29, 1.82) is 0 Å². The molecule has 0 amide bonds.